The van der Waals surface area contributed by atoms with E-state index in [0.29, 0.717) is 36.5 Å². The van der Waals surface area contributed by atoms with Crippen molar-refractivity contribution in [2.45, 2.75) is 58.5 Å². The van der Waals surface area contributed by atoms with Crippen molar-refractivity contribution in [1.29, 1.82) is 0 Å². The number of hydrogen-bond acceptors (Lipinski definition) is 3. The topological polar surface area (TPSA) is 58.4 Å². The molecule has 110 valence electrons. The summed E-state index contributed by atoms with van der Waals surface area (Å²) < 4.78 is 0. The number of likely N-dealkylation sites (N-methyl/N-ethyl adjacent to an activating group) is 1. The lowest BCUT2D eigenvalue weighted by molar-refractivity contribution is -0.128. The molecular formula is C14H27N3OS. The van der Waals surface area contributed by atoms with Gasteiger partial charge in [0.05, 0.1) is 10.4 Å². The second-order valence-corrected chi connectivity index (χ2v) is 6.05. The van der Waals surface area contributed by atoms with Gasteiger partial charge in [-0.15, -0.1) is 0 Å². The molecule has 0 bridgehead atoms. The summed E-state index contributed by atoms with van der Waals surface area (Å²) in [6.07, 6.45) is 3.85. The van der Waals surface area contributed by atoms with Crippen LogP contribution in [-0.2, 0) is 4.79 Å². The van der Waals surface area contributed by atoms with Crippen LogP contribution >= 0.6 is 12.2 Å². The maximum atomic E-state index is 12.4. The fourth-order valence-electron chi connectivity index (χ4n) is 2.43. The van der Waals surface area contributed by atoms with Crippen LogP contribution in [0.2, 0.25) is 0 Å². The normalized spacial score (nSPS) is 17.3. The summed E-state index contributed by atoms with van der Waals surface area (Å²) in [6, 6.07) is 1.04. The Morgan fingerprint density at radius 1 is 1.47 bits per heavy atom. The fourth-order valence-corrected chi connectivity index (χ4v) is 2.81. The van der Waals surface area contributed by atoms with Crippen LogP contribution in [0, 0.1) is 5.41 Å². The molecule has 1 amide bonds. The van der Waals surface area contributed by atoms with Gasteiger partial charge in [-0.25, -0.2) is 0 Å². The summed E-state index contributed by atoms with van der Waals surface area (Å²) in [5.41, 5.74) is 5.09. The first-order chi connectivity index (χ1) is 8.89. The average molecular weight is 285 g/mol. The van der Waals surface area contributed by atoms with Crippen LogP contribution < -0.4 is 11.1 Å². The van der Waals surface area contributed by atoms with Crippen molar-refractivity contribution in [3.63, 3.8) is 0 Å². The van der Waals surface area contributed by atoms with Crippen molar-refractivity contribution < 1.29 is 4.79 Å². The van der Waals surface area contributed by atoms with E-state index in [2.05, 4.69) is 24.2 Å². The minimum absolute atomic E-state index is 0.0268. The van der Waals surface area contributed by atoms with Gasteiger partial charge in [0, 0.05) is 18.6 Å². The number of nitrogens with zero attached hydrogens (tertiary/aromatic N) is 1. The molecule has 1 rings (SSSR count). The second kappa shape index (κ2) is 6.66. The zero-order valence-corrected chi connectivity index (χ0v) is 13.3. The number of amides is 1. The maximum Gasteiger partial charge on any atom is 0.233 e. The molecule has 0 saturated heterocycles. The molecule has 0 radical (unpaired) electrons. The lowest BCUT2D eigenvalue weighted by atomic mass is 9.81. The Kier molecular flexibility index (Phi) is 5.74. The third kappa shape index (κ3) is 3.66. The quantitative estimate of drug-likeness (QED) is 0.666. The smallest absolute Gasteiger partial charge is 0.233 e. The predicted molar refractivity (Wildman–Crippen MR) is 83.1 cm³/mol. The van der Waals surface area contributed by atoms with Gasteiger partial charge >= 0.3 is 0 Å². The average Bonchev–Trinajstić information content (AvgIpc) is 3.21. The van der Waals surface area contributed by atoms with Gasteiger partial charge in [0.1, 0.15) is 0 Å². The Morgan fingerprint density at radius 2 is 2.00 bits per heavy atom. The van der Waals surface area contributed by atoms with Gasteiger partial charge in [0.15, 0.2) is 0 Å². The highest BCUT2D eigenvalue weighted by atomic mass is 32.1. The molecule has 1 aliphatic rings. The lowest BCUT2D eigenvalue weighted by Crippen LogP contribution is -2.51. The summed E-state index contributed by atoms with van der Waals surface area (Å²) in [7, 11) is 2.12. The van der Waals surface area contributed by atoms with Gasteiger partial charge in [-0.1, -0.05) is 26.1 Å². The minimum Gasteiger partial charge on any atom is -0.392 e. The van der Waals surface area contributed by atoms with Crippen LogP contribution in [0.4, 0.5) is 0 Å². The van der Waals surface area contributed by atoms with E-state index in [0.717, 1.165) is 0 Å². The highest BCUT2D eigenvalue weighted by Gasteiger charge is 2.38. The van der Waals surface area contributed by atoms with Crippen LogP contribution in [0.5, 0.6) is 0 Å². The number of rotatable bonds is 8. The molecular weight excluding hydrogens is 258 g/mol. The van der Waals surface area contributed by atoms with Crippen LogP contribution in [-0.4, -0.2) is 41.5 Å². The predicted octanol–water partition coefficient (Wildman–Crippen LogP) is 1.68. The SMILES string of the molecule is CCC(CC)(C(=O)NCC(C)N(C)C1CC1)C(N)=S. The van der Waals surface area contributed by atoms with Gasteiger partial charge in [-0.2, -0.15) is 0 Å². The highest BCUT2D eigenvalue weighted by Crippen LogP contribution is 2.28. The summed E-state index contributed by atoms with van der Waals surface area (Å²) >= 11 is 5.09. The Balaban J connectivity index is 2.55. The van der Waals surface area contributed by atoms with Crippen molar-refractivity contribution in [1.82, 2.24) is 10.2 Å². The van der Waals surface area contributed by atoms with E-state index in [1.165, 1.54) is 12.8 Å². The van der Waals surface area contributed by atoms with Gasteiger partial charge in [0.2, 0.25) is 5.91 Å². The van der Waals surface area contributed by atoms with Gasteiger partial charge < -0.3 is 11.1 Å². The minimum atomic E-state index is -0.687. The van der Waals surface area contributed by atoms with E-state index in [1.54, 1.807) is 0 Å². The number of carbonyl (C=O) groups excluding carboxylic acids is 1. The van der Waals surface area contributed by atoms with Crippen LogP contribution in [0.3, 0.4) is 0 Å². The van der Waals surface area contributed by atoms with Gasteiger partial charge in [-0.05, 0) is 39.7 Å². The summed E-state index contributed by atoms with van der Waals surface area (Å²) in [5, 5.41) is 3.02. The molecule has 0 aromatic carbocycles. The van der Waals surface area contributed by atoms with Crippen LogP contribution in [0.25, 0.3) is 0 Å². The van der Waals surface area contributed by atoms with Crippen molar-refractivity contribution in [2.24, 2.45) is 11.1 Å². The molecule has 5 heteroatoms. The van der Waals surface area contributed by atoms with Crippen molar-refractivity contribution >= 4 is 23.1 Å². The third-order valence-corrected chi connectivity index (χ3v) is 4.88. The summed E-state index contributed by atoms with van der Waals surface area (Å²) in [4.78, 5) is 15.0. The van der Waals surface area contributed by atoms with E-state index < -0.39 is 5.41 Å². The first kappa shape index (κ1) is 16.4. The second-order valence-electron chi connectivity index (χ2n) is 5.61. The number of nitrogens with one attached hydrogen (secondary N) is 1. The van der Waals surface area contributed by atoms with E-state index in [9.17, 15) is 4.79 Å². The molecule has 1 aliphatic carbocycles. The molecule has 4 nitrogen and oxygen atoms in total. The molecule has 1 fully saturated rings. The zero-order chi connectivity index (χ0) is 14.6. The Labute approximate surface area is 122 Å². The van der Waals surface area contributed by atoms with E-state index in [4.69, 9.17) is 18.0 Å². The lowest BCUT2D eigenvalue weighted by Gasteiger charge is -2.31. The molecule has 1 atom stereocenters. The van der Waals surface area contributed by atoms with Gasteiger partial charge in [-0.3, -0.25) is 9.69 Å². The summed E-state index contributed by atoms with van der Waals surface area (Å²) in [5.74, 6) is -0.0268. The first-order valence-electron chi connectivity index (χ1n) is 7.19. The Morgan fingerprint density at radius 3 is 2.37 bits per heavy atom. The standard InChI is InChI=1S/C14H27N3OS/c1-5-14(6-2,12(15)19)13(18)16-9-10(3)17(4)11-7-8-11/h10-11H,5-9H2,1-4H3,(H2,15,19)(H,16,18). The number of nitrogens with two attached hydrogens (primary N) is 1. The van der Waals surface area contributed by atoms with Crippen molar-refractivity contribution in [3.8, 4) is 0 Å². The third-order valence-electron chi connectivity index (χ3n) is 4.49. The molecule has 0 aliphatic heterocycles. The first-order valence-corrected chi connectivity index (χ1v) is 7.60. The Hall–Kier alpha value is -0.680. The fraction of sp³-hybridized carbons (Fsp3) is 0.857. The van der Waals surface area contributed by atoms with Crippen molar-refractivity contribution in [3.05, 3.63) is 0 Å². The molecule has 19 heavy (non-hydrogen) atoms. The number of thiocarbonyl (C=S) groups is 1. The van der Waals surface area contributed by atoms with Gasteiger partial charge in [0.25, 0.3) is 0 Å². The maximum absolute atomic E-state index is 12.4. The zero-order valence-electron chi connectivity index (χ0n) is 12.5. The molecule has 0 spiro atoms. The Bertz CT molecular complexity index is 338. The molecule has 3 N–H and O–H groups in total. The number of hydrogen-bond donors (Lipinski definition) is 2. The van der Waals surface area contributed by atoms with E-state index in [1.807, 2.05) is 13.8 Å². The van der Waals surface area contributed by atoms with E-state index >= 15 is 0 Å². The summed E-state index contributed by atoms with van der Waals surface area (Å²) in [6.45, 7) is 6.71. The number of carbonyl (C=O) groups is 1. The highest BCUT2D eigenvalue weighted by molar-refractivity contribution is 7.80. The molecule has 0 heterocycles. The molecule has 0 aromatic heterocycles. The monoisotopic (exact) mass is 285 g/mol. The van der Waals surface area contributed by atoms with E-state index in [-0.39, 0.29) is 5.91 Å². The largest absolute Gasteiger partial charge is 0.392 e. The van der Waals surface area contributed by atoms with Crippen LogP contribution in [0.1, 0.15) is 46.5 Å². The van der Waals surface area contributed by atoms with Crippen molar-refractivity contribution in [2.75, 3.05) is 13.6 Å². The molecule has 0 aromatic rings. The molecule has 1 saturated carbocycles. The molecule has 1 unspecified atom stereocenters. The van der Waals surface area contributed by atoms with Crippen LogP contribution in [0.15, 0.2) is 0 Å².